The number of hydrogen-bond acceptors (Lipinski definition) is 1. The van der Waals surface area contributed by atoms with Crippen LogP contribution in [0.2, 0.25) is 0 Å². The number of para-hydroxylation sites is 1. The maximum absolute atomic E-state index is 2.41. The van der Waals surface area contributed by atoms with Crippen LogP contribution in [-0.2, 0) is 0 Å². The molecule has 10 rings (SSSR count). The minimum absolute atomic E-state index is 1.09. The molecule has 0 saturated carbocycles. The van der Waals surface area contributed by atoms with E-state index in [2.05, 4.69) is 241 Å². The van der Waals surface area contributed by atoms with Crippen molar-refractivity contribution in [1.29, 1.82) is 0 Å². The summed E-state index contributed by atoms with van der Waals surface area (Å²) in [5.74, 6) is 0. The number of fused-ring (bicyclic) bond motifs is 2. The zero-order chi connectivity index (χ0) is 38.0. The number of nitrogens with zero attached hydrogens (tertiary/aromatic N) is 1. The van der Waals surface area contributed by atoms with Crippen LogP contribution in [-0.4, -0.2) is 0 Å². The highest BCUT2D eigenvalue weighted by atomic mass is 15.1. The summed E-state index contributed by atoms with van der Waals surface area (Å²) < 4.78 is 0. The van der Waals surface area contributed by atoms with Crippen LogP contribution in [0.4, 0.5) is 17.1 Å². The molecule has 268 valence electrons. The molecule has 0 bridgehead atoms. The van der Waals surface area contributed by atoms with E-state index in [1.165, 1.54) is 71.6 Å². The van der Waals surface area contributed by atoms with Crippen LogP contribution in [0.3, 0.4) is 0 Å². The summed E-state index contributed by atoms with van der Waals surface area (Å²) in [5, 5.41) is 4.97. The smallest absolute Gasteiger partial charge is 0.0540 e. The SMILES string of the molecule is c1ccc(-c2ccc(-c3ccccc3N(c3ccc(-c4ccc5ccccc5c4-c4ccccc4)cc3)c3cccc(-c4ccc5ccccc5c4)c3)cc2)cc1. The first-order chi connectivity index (χ1) is 28.3. The molecule has 1 heteroatoms. The highest BCUT2D eigenvalue weighted by molar-refractivity contribution is 6.04. The van der Waals surface area contributed by atoms with Gasteiger partial charge in [0.2, 0.25) is 0 Å². The predicted molar refractivity (Wildman–Crippen MR) is 243 cm³/mol. The molecule has 0 amide bonds. The van der Waals surface area contributed by atoms with E-state index in [0.29, 0.717) is 0 Å². The van der Waals surface area contributed by atoms with Crippen LogP contribution >= 0.6 is 0 Å². The summed E-state index contributed by atoms with van der Waals surface area (Å²) in [6.45, 7) is 0. The Morgan fingerprint density at radius 2 is 0.772 bits per heavy atom. The lowest BCUT2D eigenvalue weighted by molar-refractivity contribution is 1.28. The number of benzene rings is 10. The fraction of sp³-hybridized carbons (Fsp3) is 0. The lowest BCUT2D eigenvalue weighted by Gasteiger charge is -2.28. The molecule has 0 unspecified atom stereocenters. The summed E-state index contributed by atoms with van der Waals surface area (Å²) in [5.41, 5.74) is 15.3. The normalized spacial score (nSPS) is 11.2. The van der Waals surface area contributed by atoms with Crippen LogP contribution in [0.5, 0.6) is 0 Å². The van der Waals surface area contributed by atoms with Gasteiger partial charge in [0.1, 0.15) is 0 Å². The fourth-order valence-corrected chi connectivity index (χ4v) is 8.22. The average molecular weight is 726 g/mol. The van der Waals surface area contributed by atoms with Crippen molar-refractivity contribution in [2.75, 3.05) is 4.90 Å². The minimum atomic E-state index is 1.09. The van der Waals surface area contributed by atoms with Crippen LogP contribution in [0.15, 0.2) is 237 Å². The van der Waals surface area contributed by atoms with Gasteiger partial charge in [-0.3, -0.25) is 0 Å². The quantitative estimate of drug-likeness (QED) is 0.151. The molecule has 0 fully saturated rings. The summed E-state index contributed by atoms with van der Waals surface area (Å²) in [4.78, 5) is 2.41. The third-order valence-electron chi connectivity index (χ3n) is 11.1. The van der Waals surface area contributed by atoms with Crippen LogP contribution in [0.25, 0.3) is 77.2 Å². The first-order valence-corrected chi connectivity index (χ1v) is 19.6. The van der Waals surface area contributed by atoms with E-state index in [4.69, 9.17) is 0 Å². The third kappa shape index (κ3) is 6.66. The lowest BCUT2D eigenvalue weighted by atomic mass is 9.89. The topological polar surface area (TPSA) is 3.24 Å². The van der Waals surface area contributed by atoms with E-state index >= 15 is 0 Å². The highest BCUT2D eigenvalue weighted by Crippen LogP contribution is 2.44. The first kappa shape index (κ1) is 34.0. The molecule has 1 nitrogen and oxygen atoms in total. The van der Waals surface area contributed by atoms with Crippen molar-refractivity contribution in [3.8, 4) is 55.6 Å². The van der Waals surface area contributed by atoms with Gasteiger partial charge in [-0.05, 0) is 108 Å². The van der Waals surface area contributed by atoms with Crippen molar-refractivity contribution in [1.82, 2.24) is 0 Å². The second-order valence-corrected chi connectivity index (χ2v) is 14.5. The molecular weight excluding hydrogens is 687 g/mol. The van der Waals surface area contributed by atoms with E-state index in [-0.39, 0.29) is 0 Å². The monoisotopic (exact) mass is 725 g/mol. The summed E-state index contributed by atoms with van der Waals surface area (Å²) in [6.07, 6.45) is 0. The molecule has 0 saturated heterocycles. The van der Waals surface area contributed by atoms with Crippen LogP contribution < -0.4 is 4.90 Å². The average Bonchev–Trinajstić information content (AvgIpc) is 3.30. The van der Waals surface area contributed by atoms with Crippen molar-refractivity contribution in [3.05, 3.63) is 237 Å². The van der Waals surface area contributed by atoms with Crippen molar-refractivity contribution < 1.29 is 0 Å². The minimum Gasteiger partial charge on any atom is -0.310 e. The van der Waals surface area contributed by atoms with Gasteiger partial charge in [-0.1, -0.05) is 200 Å². The van der Waals surface area contributed by atoms with Crippen molar-refractivity contribution in [3.63, 3.8) is 0 Å². The van der Waals surface area contributed by atoms with Gasteiger partial charge in [-0.15, -0.1) is 0 Å². The van der Waals surface area contributed by atoms with E-state index in [1.807, 2.05) is 0 Å². The maximum atomic E-state index is 2.41. The van der Waals surface area contributed by atoms with E-state index in [0.717, 1.165) is 22.6 Å². The van der Waals surface area contributed by atoms with Gasteiger partial charge in [-0.25, -0.2) is 0 Å². The lowest BCUT2D eigenvalue weighted by Crippen LogP contribution is -2.11. The molecule has 0 aliphatic rings. The van der Waals surface area contributed by atoms with Gasteiger partial charge < -0.3 is 4.90 Å². The van der Waals surface area contributed by atoms with Crippen molar-refractivity contribution >= 4 is 38.6 Å². The van der Waals surface area contributed by atoms with Gasteiger partial charge >= 0.3 is 0 Å². The van der Waals surface area contributed by atoms with Gasteiger partial charge in [0, 0.05) is 16.9 Å². The van der Waals surface area contributed by atoms with Gasteiger partial charge in [0.05, 0.1) is 5.69 Å². The Balaban J connectivity index is 1.11. The molecule has 0 atom stereocenters. The largest absolute Gasteiger partial charge is 0.310 e. The summed E-state index contributed by atoms with van der Waals surface area (Å²) >= 11 is 0. The van der Waals surface area contributed by atoms with Crippen molar-refractivity contribution in [2.24, 2.45) is 0 Å². The zero-order valence-corrected chi connectivity index (χ0v) is 31.5. The standard InChI is InChI=1S/C56H39N/c1-3-14-40(15-4-1)42-26-29-44(30-27-42)52-23-11-12-25-55(52)57(51-22-13-21-48(39-51)49-31-28-41-16-7-8-20-47(41)38-49)50-35-32-45(33-36-50)54-37-34-43-17-9-10-24-53(43)56(54)46-18-5-2-6-19-46/h1-39H. The highest BCUT2D eigenvalue weighted by Gasteiger charge is 2.19. The molecule has 0 aliphatic carbocycles. The Bertz CT molecular complexity index is 2980. The third-order valence-corrected chi connectivity index (χ3v) is 11.1. The maximum Gasteiger partial charge on any atom is 0.0540 e. The molecule has 0 aromatic heterocycles. The second-order valence-electron chi connectivity index (χ2n) is 14.5. The Morgan fingerprint density at radius 1 is 0.246 bits per heavy atom. The molecule has 10 aromatic rings. The molecule has 0 spiro atoms. The summed E-state index contributed by atoms with van der Waals surface area (Å²) in [6, 6.07) is 85.7. The molecule has 0 aliphatic heterocycles. The van der Waals surface area contributed by atoms with Crippen molar-refractivity contribution in [2.45, 2.75) is 0 Å². The number of hydrogen-bond donors (Lipinski definition) is 0. The molecule has 0 heterocycles. The van der Waals surface area contributed by atoms with Crippen LogP contribution in [0.1, 0.15) is 0 Å². The number of rotatable bonds is 8. The molecule has 57 heavy (non-hydrogen) atoms. The van der Waals surface area contributed by atoms with Gasteiger partial charge in [0.15, 0.2) is 0 Å². The van der Waals surface area contributed by atoms with E-state index < -0.39 is 0 Å². The Hall–Kier alpha value is -7.48. The number of anilines is 3. The second kappa shape index (κ2) is 15.0. The molecule has 0 N–H and O–H groups in total. The van der Waals surface area contributed by atoms with Gasteiger partial charge in [-0.2, -0.15) is 0 Å². The first-order valence-electron chi connectivity index (χ1n) is 19.6. The Labute approximate surface area is 334 Å². The Kier molecular flexibility index (Phi) is 8.95. The zero-order valence-electron chi connectivity index (χ0n) is 31.5. The fourth-order valence-electron chi connectivity index (χ4n) is 8.22. The molecule has 0 radical (unpaired) electrons. The van der Waals surface area contributed by atoms with Crippen LogP contribution in [0, 0.1) is 0 Å². The molecule has 10 aromatic carbocycles. The predicted octanol–water partition coefficient (Wildman–Crippen LogP) is 15.8. The van der Waals surface area contributed by atoms with E-state index in [9.17, 15) is 0 Å². The molecular formula is C56H39N. The summed E-state index contributed by atoms with van der Waals surface area (Å²) in [7, 11) is 0. The Morgan fingerprint density at radius 3 is 1.56 bits per heavy atom. The van der Waals surface area contributed by atoms with Gasteiger partial charge in [0.25, 0.3) is 0 Å². The van der Waals surface area contributed by atoms with E-state index in [1.54, 1.807) is 0 Å².